The predicted molar refractivity (Wildman–Crippen MR) is 56.7 cm³/mol. The summed E-state index contributed by atoms with van der Waals surface area (Å²) in [6.45, 7) is 0.955. The Morgan fingerprint density at radius 1 is 1.47 bits per heavy atom. The third kappa shape index (κ3) is 7.12. The summed E-state index contributed by atoms with van der Waals surface area (Å²) < 4.78 is 0. The molecule has 0 aromatic carbocycles. The van der Waals surface area contributed by atoms with Gasteiger partial charge in [-0.1, -0.05) is 0 Å². The molecule has 0 saturated heterocycles. The van der Waals surface area contributed by atoms with E-state index in [-0.39, 0.29) is 0 Å². The van der Waals surface area contributed by atoms with Gasteiger partial charge >= 0.3 is 5.97 Å². The second-order valence-corrected chi connectivity index (χ2v) is 2.85. The summed E-state index contributed by atoms with van der Waals surface area (Å²) >= 11 is 4.64. The summed E-state index contributed by atoms with van der Waals surface area (Å²) in [5, 5.41) is 17.3. The molecule has 0 aromatic heterocycles. The Bertz CT molecular complexity index is 211. The number of carbonyl (C=O) groups is 2. The van der Waals surface area contributed by atoms with Crippen molar-refractivity contribution in [2.75, 3.05) is 20.0 Å². The minimum absolute atomic E-state index is 0.417. The Labute approximate surface area is 93.6 Å². The third-order valence-electron chi connectivity index (χ3n) is 1.55. The van der Waals surface area contributed by atoms with E-state index < -0.39 is 30.6 Å². The lowest BCUT2D eigenvalue weighted by atomic mass is 10.2. The molecular formula is C8H17ClN2O4. The molecule has 0 aliphatic carbocycles. The number of hydrogen-bond acceptors (Lipinski definition) is 4. The molecule has 2 atom stereocenters. The van der Waals surface area contributed by atoms with Crippen molar-refractivity contribution in [3.8, 4) is 0 Å². The fraction of sp³-hybridized carbons (Fsp3) is 0.750. The molecule has 0 rings (SSSR count). The Morgan fingerprint density at radius 2 is 1.87 bits per heavy atom. The Morgan fingerprint density at radius 3 is 2.13 bits per heavy atom. The number of amides is 1. The van der Waals surface area contributed by atoms with Gasteiger partial charge in [-0.3, -0.25) is 9.59 Å². The molecule has 15 heavy (non-hydrogen) atoms. The van der Waals surface area contributed by atoms with Gasteiger partial charge in [-0.05, 0) is 6.92 Å². The number of carbonyl (C=O) groups excluding carboxylic acids is 1. The highest BCUT2D eigenvalue weighted by atomic mass is 35.5. The number of halogens is 1. The van der Waals surface area contributed by atoms with Crippen LogP contribution in [-0.2, 0) is 9.59 Å². The number of rotatable bonds is 4. The van der Waals surface area contributed by atoms with Crippen molar-refractivity contribution in [3.05, 3.63) is 0 Å². The molecule has 0 saturated carbocycles. The fourth-order valence-electron chi connectivity index (χ4n) is 0.742. The number of nitrogens with zero attached hydrogens (tertiary/aromatic N) is 1. The molecule has 0 unspecified atom stereocenters. The summed E-state index contributed by atoms with van der Waals surface area (Å²) in [5.74, 6) is -1.70. The maximum absolute atomic E-state index is 11.2. The molecule has 0 heterocycles. The van der Waals surface area contributed by atoms with E-state index in [0.717, 1.165) is 4.90 Å². The van der Waals surface area contributed by atoms with Crippen LogP contribution in [-0.4, -0.2) is 59.1 Å². The molecule has 0 spiro atoms. The monoisotopic (exact) mass is 240 g/mol. The lowest BCUT2D eigenvalue weighted by Crippen LogP contribution is -2.49. The van der Waals surface area contributed by atoms with Crippen LogP contribution >= 0.6 is 11.6 Å². The molecular weight excluding hydrogens is 224 g/mol. The van der Waals surface area contributed by atoms with Crippen LogP contribution in [0.3, 0.4) is 0 Å². The lowest BCUT2D eigenvalue weighted by molar-refractivity contribution is -0.144. The lowest BCUT2D eigenvalue weighted by Gasteiger charge is -2.20. The van der Waals surface area contributed by atoms with Crippen molar-refractivity contribution in [2.24, 2.45) is 5.73 Å². The van der Waals surface area contributed by atoms with E-state index in [0.29, 0.717) is 0 Å². The van der Waals surface area contributed by atoms with Crippen LogP contribution < -0.4 is 5.73 Å². The largest absolute Gasteiger partial charge is 0.480 e. The minimum atomic E-state index is -1.12. The van der Waals surface area contributed by atoms with Gasteiger partial charge in [0.1, 0.15) is 12.6 Å². The maximum atomic E-state index is 11.2. The number of alkyl halides is 1. The highest BCUT2D eigenvalue weighted by Gasteiger charge is 2.23. The number of carboxylic acids is 1. The van der Waals surface area contributed by atoms with Crippen LogP contribution in [0.4, 0.5) is 0 Å². The van der Waals surface area contributed by atoms with Crippen molar-refractivity contribution in [1.29, 1.82) is 0 Å². The first kappa shape index (κ1) is 16.6. The van der Waals surface area contributed by atoms with Gasteiger partial charge in [-0.15, -0.1) is 11.6 Å². The summed E-state index contributed by atoms with van der Waals surface area (Å²) in [6, 6.07) is -1.07. The van der Waals surface area contributed by atoms with Gasteiger partial charge in [0.2, 0.25) is 5.91 Å². The SMILES string of the molecule is CCl.C[C@@H](O)[C@H](N)C(=O)N(C)CC(=O)O. The number of aliphatic hydroxyl groups excluding tert-OH is 1. The van der Waals surface area contributed by atoms with Crippen LogP contribution in [0, 0.1) is 0 Å². The highest BCUT2D eigenvalue weighted by molar-refractivity contribution is 6.15. The van der Waals surface area contributed by atoms with Gasteiger partial charge in [0.25, 0.3) is 0 Å². The smallest absolute Gasteiger partial charge is 0.323 e. The van der Waals surface area contributed by atoms with E-state index in [1.807, 2.05) is 0 Å². The maximum Gasteiger partial charge on any atom is 0.323 e. The van der Waals surface area contributed by atoms with Crippen molar-refractivity contribution in [1.82, 2.24) is 4.90 Å². The number of hydrogen-bond donors (Lipinski definition) is 3. The average Bonchev–Trinajstić information content (AvgIpc) is 2.17. The van der Waals surface area contributed by atoms with Gasteiger partial charge < -0.3 is 20.8 Å². The van der Waals surface area contributed by atoms with Crippen LogP contribution in [0.25, 0.3) is 0 Å². The van der Waals surface area contributed by atoms with Crippen molar-refractivity contribution < 1.29 is 19.8 Å². The number of likely N-dealkylation sites (N-methyl/N-ethyl adjacent to an activating group) is 1. The van der Waals surface area contributed by atoms with E-state index in [1.54, 1.807) is 0 Å². The number of nitrogens with two attached hydrogens (primary N) is 1. The molecule has 0 aliphatic heterocycles. The second-order valence-electron chi connectivity index (χ2n) is 2.85. The molecule has 7 heteroatoms. The third-order valence-corrected chi connectivity index (χ3v) is 1.55. The molecule has 0 radical (unpaired) electrons. The van der Waals surface area contributed by atoms with Crippen molar-refractivity contribution in [2.45, 2.75) is 19.1 Å². The molecule has 1 amide bonds. The minimum Gasteiger partial charge on any atom is -0.480 e. The van der Waals surface area contributed by atoms with Gasteiger partial charge in [-0.2, -0.15) is 0 Å². The number of carboxylic acid groups (broad SMARTS) is 1. The first-order valence-electron chi connectivity index (χ1n) is 4.14. The van der Waals surface area contributed by atoms with Gasteiger partial charge in [0, 0.05) is 13.4 Å². The van der Waals surface area contributed by atoms with E-state index in [2.05, 4.69) is 11.6 Å². The Hall–Kier alpha value is -0.850. The predicted octanol–water partition coefficient (Wildman–Crippen LogP) is -0.907. The second kappa shape index (κ2) is 8.46. The van der Waals surface area contributed by atoms with E-state index >= 15 is 0 Å². The Kier molecular flexibility index (Phi) is 9.35. The summed E-state index contributed by atoms with van der Waals surface area (Å²) in [7, 11) is 1.32. The van der Waals surface area contributed by atoms with Crippen LogP contribution in [0.1, 0.15) is 6.92 Å². The number of aliphatic hydroxyl groups is 1. The molecule has 90 valence electrons. The molecule has 0 aliphatic rings. The highest BCUT2D eigenvalue weighted by Crippen LogP contribution is 1.94. The molecule has 6 nitrogen and oxygen atoms in total. The van der Waals surface area contributed by atoms with Gasteiger partial charge in [0.05, 0.1) is 6.10 Å². The summed E-state index contributed by atoms with van der Waals surface area (Å²) in [5.41, 5.74) is 5.30. The summed E-state index contributed by atoms with van der Waals surface area (Å²) in [6.07, 6.45) is 0.490. The van der Waals surface area contributed by atoms with Crippen LogP contribution in [0.5, 0.6) is 0 Å². The fourth-order valence-corrected chi connectivity index (χ4v) is 0.742. The molecule has 0 aromatic rings. The zero-order chi connectivity index (χ0) is 12.6. The van der Waals surface area contributed by atoms with E-state index in [9.17, 15) is 9.59 Å². The van der Waals surface area contributed by atoms with Crippen molar-refractivity contribution >= 4 is 23.5 Å². The zero-order valence-electron chi connectivity index (χ0n) is 8.98. The first-order chi connectivity index (χ1) is 6.86. The molecule has 0 bridgehead atoms. The van der Waals surface area contributed by atoms with Gasteiger partial charge in [-0.25, -0.2) is 0 Å². The van der Waals surface area contributed by atoms with Crippen LogP contribution in [0.2, 0.25) is 0 Å². The summed E-state index contributed by atoms with van der Waals surface area (Å²) in [4.78, 5) is 22.4. The first-order valence-corrected chi connectivity index (χ1v) is 4.90. The standard InChI is InChI=1S/C7H14N2O4.CH3Cl/c1-4(10)6(8)7(13)9(2)3-5(11)12;1-2/h4,6,10H,3,8H2,1-2H3,(H,11,12);1H3/t4-,6+;/m1./s1. The van der Waals surface area contributed by atoms with Gasteiger partial charge in [0.15, 0.2) is 0 Å². The van der Waals surface area contributed by atoms with E-state index in [1.165, 1.54) is 20.4 Å². The number of aliphatic carboxylic acids is 1. The zero-order valence-corrected chi connectivity index (χ0v) is 9.73. The molecule has 4 N–H and O–H groups in total. The average molecular weight is 241 g/mol. The van der Waals surface area contributed by atoms with E-state index in [4.69, 9.17) is 15.9 Å². The Balaban J connectivity index is 0. The molecule has 0 fully saturated rings. The van der Waals surface area contributed by atoms with Crippen LogP contribution in [0.15, 0.2) is 0 Å². The quantitative estimate of drug-likeness (QED) is 0.552. The normalized spacial score (nSPS) is 13.2. The van der Waals surface area contributed by atoms with Crippen molar-refractivity contribution in [3.63, 3.8) is 0 Å². The topological polar surface area (TPSA) is 104 Å².